The fourth-order valence-corrected chi connectivity index (χ4v) is 9.65. The predicted molar refractivity (Wildman–Crippen MR) is 213 cm³/mol. The van der Waals surface area contributed by atoms with Gasteiger partial charge in [0.15, 0.2) is 0 Å². The molecule has 8 bridgehead atoms. The van der Waals surface area contributed by atoms with Gasteiger partial charge < -0.3 is 71.1 Å². The molecule has 5 saturated heterocycles. The second-order valence-electron chi connectivity index (χ2n) is 16.3. The number of ether oxygens (including phenoxy) is 15. The maximum Gasteiger partial charge on any atom is 0.272 e. The summed E-state index contributed by atoms with van der Waals surface area (Å²) in [5.41, 5.74) is 2.12. The van der Waals surface area contributed by atoms with Crippen LogP contribution in [0.3, 0.4) is 0 Å². The van der Waals surface area contributed by atoms with E-state index in [4.69, 9.17) is 71.1 Å². The molecular formula is C45H64O15. The van der Waals surface area contributed by atoms with Crippen LogP contribution in [0.25, 0.3) is 0 Å². The molecule has 5 aliphatic heterocycles. The number of methoxy groups -OCH3 is 2. The van der Waals surface area contributed by atoms with Crippen molar-refractivity contribution in [1.29, 1.82) is 0 Å². The zero-order chi connectivity index (χ0) is 41.1. The zero-order valence-electron chi connectivity index (χ0n) is 35.2. The lowest BCUT2D eigenvalue weighted by atomic mass is 9.62. The Kier molecular flexibility index (Phi) is 16.6. The summed E-state index contributed by atoms with van der Waals surface area (Å²) in [6.45, 7) is 7.14. The van der Waals surface area contributed by atoms with Crippen molar-refractivity contribution in [3.8, 4) is 0 Å². The maximum absolute atomic E-state index is 6.64. The fourth-order valence-electron chi connectivity index (χ4n) is 9.65. The molecule has 3 aliphatic carbocycles. The number of benzene rings is 2. The Hall–Kier alpha value is -2.16. The van der Waals surface area contributed by atoms with Crippen LogP contribution in [0.15, 0.2) is 60.7 Å². The Balaban J connectivity index is 0.851. The molecule has 2 aromatic carbocycles. The SMILES string of the molecule is COCCOCCOC1C2OC3CC([C@H]2OCCO[C@H](C)COC2C4OC5OC(C4OCc4ccccc4)C(OCc4ccccc4)[C@H]2O5)[C@H](OCCOCCOC)[C@@H]1C3. The van der Waals surface area contributed by atoms with Gasteiger partial charge in [-0.15, -0.1) is 0 Å². The standard InChI is InChI=1S/C45H64O15/c1-29(26-54-38-42-39(55-27-30-10-6-4-7-11-30)44-40(43(38)59-45(58-42)60-44)56-28-31-12-8-5-9-13-31)50-22-23-53-37-34-25-32-24-33(35(34)51-20-18-48-16-14-46-2)36(41(37)57-32)52-21-19-49-17-15-47-3/h4-13,29,32-45H,14-28H2,1-3H3/t29-,32?,33+,34?,35-,36?,37-,38?,39?,40?,41?,42+,43?,44?,45?/m1/s1. The van der Waals surface area contributed by atoms with Crippen LogP contribution in [0.1, 0.15) is 30.9 Å². The highest BCUT2D eigenvalue weighted by Gasteiger charge is 2.64. The molecule has 8 aliphatic rings. The minimum atomic E-state index is -0.795. The summed E-state index contributed by atoms with van der Waals surface area (Å²) in [6.07, 6.45) is -1.36. The minimum Gasteiger partial charge on any atom is -0.382 e. The average molecular weight is 845 g/mol. The van der Waals surface area contributed by atoms with Crippen molar-refractivity contribution >= 4 is 0 Å². The minimum absolute atomic E-state index is 0.0260. The van der Waals surface area contributed by atoms with E-state index >= 15 is 0 Å². The van der Waals surface area contributed by atoms with Crippen LogP contribution in [0.5, 0.6) is 0 Å². The Morgan fingerprint density at radius 2 is 0.933 bits per heavy atom. The summed E-state index contributed by atoms with van der Waals surface area (Å²) in [4.78, 5) is 0. The highest BCUT2D eigenvalue weighted by atomic mass is 16.9. The van der Waals surface area contributed by atoms with Crippen LogP contribution < -0.4 is 0 Å². The summed E-state index contributed by atoms with van der Waals surface area (Å²) in [5, 5.41) is 0. The molecular weight excluding hydrogens is 780 g/mol. The van der Waals surface area contributed by atoms with Crippen LogP contribution >= 0.6 is 0 Å². The molecule has 2 aromatic rings. The smallest absolute Gasteiger partial charge is 0.272 e. The van der Waals surface area contributed by atoms with Gasteiger partial charge in [-0.3, -0.25) is 0 Å². The van der Waals surface area contributed by atoms with E-state index in [1.165, 1.54) is 0 Å². The molecule has 8 fully saturated rings. The Bertz CT molecular complexity index is 1430. The van der Waals surface area contributed by atoms with Crippen molar-refractivity contribution < 1.29 is 71.1 Å². The molecule has 15 nitrogen and oxygen atoms in total. The van der Waals surface area contributed by atoms with E-state index in [1.54, 1.807) is 14.2 Å². The lowest BCUT2D eigenvalue weighted by Gasteiger charge is -2.60. The van der Waals surface area contributed by atoms with E-state index in [2.05, 4.69) is 0 Å². The van der Waals surface area contributed by atoms with Crippen molar-refractivity contribution in [2.75, 3.05) is 86.9 Å². The van der Waals surface area contributed by atoms with Crippen LogP contribution in [0.2, 0.25) is 0 Å². The van der Waals surface area contributed by atoms with Crippen LogP contribution in [0.4, 0.5) is 0 Å². The monoisotopic (exact) mass is 844 g/mol. The Labute approximate surface area is 353 Å². The summed E-state index contributed by atoms with van der Waals surface area (Å²) in [7, 11) is 3.33. The molecule has 0 spiro atoms. The van der Waals surface area contributed by atoms with Gasteiger partial charge in [0.05, 0.1) is 116 Å². The maximum atomic E-state index is 6.64. The number of hydrogen-bond donors (Lipinski definition) is 0. The second-order valence-corrected chi connectivity index (χ2v) is 16.3. The Morgan fingerprint density at radius 1 is 0.483 bits per heavy atom. The topological polar surface area (TPSA) is 138 Å². The molecule has 10 rings (SSSR count). The lowest BCUT2D eigenvalue weighted by Crippen LogP contribution is -2.76. The molecule has 0 amide bonds. The van der Waals surface area contributed by atoms with Gasteiger partial charge in [0.2, 0.25) is 0 Å². The van der Waals surface area contributed by atoms with Crippen molar-refractivity contribution in [1.82, 2.24) is 0 Å². The molecule has 0 N–H and O–H groups in total. The van der Waals surface area contributed by atoms with E-state index in [9.17, 15) is 0 Å². The van der Waals surface area contributed by atoms with E-state index in [-0.39, 0.29) is 54.6 Å². The first-order valence-electron chi connectivity index (χ1n) is 21.8. The number of rotatable bonds is 28. The van der Waals surface area contributed by atoms with Crippen molar-refractivity contribution in [2.45, 2.75) is 113 Å². The van der Waals surface area contributed by atoms with E-state index in [0.717, 1.165) is 24.0 Å². The highest BCUT2D eigenvalue weighted by Crippen LogP contribution is 2.51. The van der Waals surface area contributed by atoms with Crippen LogP contribution in [-0.2, 0) is 84.3 Å². The largest absolute Gasteiger partial charge is 0.382 e. The molecule has 60 heavy (non-hydrogen) atoms. The first-order chi connectivity index (χ1) is 29.6. The van der Waals surface area contributed by atoms with Crippen molar-refractivity contribution in [3.63, 3.8) is 0 Å². The lowest BCUT2D eigenvalue weighted by molar-refractivity contribution is -0.489. The summed E-state index contributed by atoms with van der Waals surface area (Å²) < 4.78 is 92.6. The van der Waals surface area contributed by atoms with E-state index < -0.39 is 37.0 Å². The molecule has 0 radical (unpaired) electrons. The highest BCUT2D eigenvalue weighted by molar-refractivity contribution is 5.16. The van der Waals surface area contributed by atoms with Gasteiger partial charge in [-0.05, 0) is 30.9 Å². The van der Waals surface area contributed by atoms with Gasteiger partial charge in [0.25, 0.3) is 6.48 Å². The molecule has 0 aromatic heterocycles. The third-order valence-corrected chi connectivity index (χ3v) is 12.3. The summed E-state index contributed by atoms with van der Waals surface area (Å²) in [5.74, 6) is 0.384. The van der Waals surface area contributed by atoms with Crippen LogP contribution in [0, 0.1) is 11.8 Å². The first-order valence-corrected chi connectivity index (χ1v) is 21.8. The van der Waals surface area contributed by atoms with E-state index in [0.29, 0.717) is 85.9 Å². The van der Waals surface area contributed by atoms with Crippen molar-refractivity contribution in [2.24, 2.45) is 11.8 Å². The predicted octanol–water partition coefficient (Wildman–Crippen LogP) is 3.72. The molecule has 3 saturated carbocycles. The molecule has 15 atom stereocenters. The van der Waals surface area contributed by atoms with Gasteiger partial charge >= 0.3 is 0 Å². The fraction of sp³-hybridized carbons (Fsp3) is 0.733. The zero-order valence-corrected chi connectivity index (χ0v) is 35.2. The third-order valence-electron chi connectivity index (χ3n) is 12.3. The molecule has 5 heterocycles. The molecule has 10 unspecified atom stereocenters. The van der Waals surface area contributed by atoms with Gasteiger partial charge in [-0.1, -0.05) is 60.7 Å². The third kappa shape index (κ3) is 11.0. The summed E-state index contributed by atoms with van der Waals surface area (Å²) >= 11 is 0. The first kappa shape index (κ1) is 44.4. The molecule has 15 heteroatoms. The normalized spacial score (nSPS) is 35.4. The van der Waals surface area contributed by atoms with Gasteiger partial charge in [0, 0.05) is 26.1 Å². The average Bonchev–Trinajstić information content (AvgIpc) is 3.27. The molecule has 334 valence electrons. The van der Waals surface area contributed by atoms with Gasteiger partial charge in [-0.2, -0.15) is 0 Å². The second kappa shape index (κ2) is 22.5. The summed E-state index contributed by atoms with van der Waals surface area (Å²) in [6, 6.07) is 20.2. The van der Waals surface area contributed by atoms with Gasteiger partial charge in [-0.25, -0.2) is 0 Å². The van der Waals surface area contributed by atoms with Gasteiger partial charge in [0.1, 0.15) is 42.7 Å². The van der Waals surface area contributed by atoms with Crippen molar-refractivity contribution in [3.05, 3.63) is 71.8 Å². The number of hydrogen-bond acceptors (Lipinski definition) is 15. The van der Waals surface area contributed by atoms with E-state index in [1.807, 2.05) is 67.6 Å². The van der Waals surface area contributed by atoms with Crippen LogP contribution in [-0.4, -0.2) is 167 Å². The quantitative estimate of drug-likeness (QED) is 0.115. The Morgan fingerprint density at radius 3 is 1.45 bits per heavy atom.